The second-order valence-electron chi connectivity index (χ2n) is 8.16. The topological polar surface area (TPSA) is 49.4 Å². The number of carbonyl (C=O) groups is 2. The van der Waals surface area contributed by atoms with Gasteiger partial charge in [-0.2, -0.15) is 0 Å². The number of nitrogens with zero attached hydrogens (tertiary/aromatic N) is 1. The van der Waals surface area contributed by atoms with Crippen LogP contribution in [0, 0.1) is 0 Å². The Morgan fingerprint density at radius 3 is 2.44 bits per heavy atom. The quantitative estimate of drug-likeness (QED) is 0.436. The van der Waals surface area contributed by atoms with Crippen LogP contribution in [-0.4, -0.2) is 34.6 Å². The number of carbonyl (C=O) groups excluding carboxylic acids is 2. The molecule has 3 rings (SSSR count). The number of rotatable bonds is 10. The van der Waals surface area contributed by atoms with Gasteiger partial charge in [-0.1, -0.05) is 79.4 Å². The molecule has 0 heterocycles. The molecule has 1 N–H and O–H groups in total. The molecule has 0 radical (unpaired) electrons. The molecule has 7 heteroatoms. The second kappa shape index (κ2) is 12.5. The zero-order valence-corrected chi connectivity index (χ0v) is 20.7. The van der Waals surface area contributed by atoms with E-state index >= 15 is 0 Å². The number of halogens is 2. The third-order valence-electron chi connectivity index (χ3n) is 5.76. The maximum atomic E-state index is 13.3. The van der Waals surface area contributed by atoms with Gasteiger partial charge in [-0.15, -0.1) is 11.8 Å². The first kappa shape index (κ1) is 24.9. The molecule has 1 aliphatic carbocycles. The fourth-order valence-corrected chi connectivity index (χ4v) is 5.23. The molecule has 2 aromatic rings. The first-order valence-electron chi connectivity index (χ1n) is 11.1. The van der Waals surface area contributed by atoms with Crippen LogP contribution >= 0.6 is 35.0 Å². The van der Waals surface area contributed by atoms with Crippen molar-refractivity contribution in [2.45, 2.75) is 63.4 Å². The van der Waals surface area contributed by atoms with Crippen LogP contribution in [0.25, 0.3) is 0 Å². The molecule has 0 aliphatic heterocycles. The lowest BCUT2D eigenvalue weighted by Crippen LogP contribution is -2.51. The van der Waals surface area contributed by atoms with E-state index in [9.17, 15) is 9.59 Å². The number of hydrogen-bond donors (Lipinski definition) is 1. The van der Waals surface area contributed by atoms with Crippen LogP contribution in [0.4, 0.5) is 0 Å². The Balaban J connectivity index is 1.72. The summed E-state index contributed by atoms with van der Waals surface area (Å²) in [7, 11) is 0. The number of nitrogens with one attached hydrogen (secondary N) is 1. The first-order valence-corrected chi connectivity index (χ1v) is 13.0. The zero-order chi connectivity index (χ0) is 22.9. The van der Waals surface area contributed by atoms with Crippen molar-refractivity contribution in [1.82, 2.24) is 10.2 Å². The van der Waals surface area contributed by atoms with E-state index in [2.05, 4.69) is 17.4 Å². The van der Waals surface area contributed by atoms with Gasteiger partial charge in [0, 0.05) is 18.3 Å². The van der Waals surface area contributed by atoms with Crippen LogP contribution in [0.5, 0.6) is 0 Å². The summed E-state index contributed by atoms with van der Waals surface area (Å²) in [6.45, 7) is 2.27. The average Bonchev–Trinajstić information content (AvgIpc) is 3.29. The molecule has 0 unspecified atom stereocenters. The molecule has 0 spiro atoms. The highest BCUT2D eigenvalue weighted by Crippen LogP contribution is 2.25. The molecule has 32 heavy (non-hydrogen) atoms. The van der Waals surface area contributed by atoms with Gasteiger partial charge in [0.15, 0.2) is 0 Å². The smallest absolute Gasteiger partial charge is 0.243 e. The number of benzene rings is 2. The van der Waals surface area contributed by atoms with Crippen LogP contribution in [0.1, 0.15) is 50.2 Å². The molecule has 1 fully saturated rings. The molecular weight excluding hydrogens is 463 g/mol. The molecular formula is C25H30Cl2N2O2S. The van der Waals surface area contributed by atoms with Gasteiger partial charge in [-0.25, -0.2) is 0 Å². The van der Waals surface area contributed by atoms with Crippen LogP contribution in [0.3, 0.4) is 0 Å². The van der Waals surface area contributed by atoms with E-state index in [1.54, 1.807) is 28.8 Å². The van der Waals surface area contributed by atoms with Gasteiger partial charge in [0.05, 0.1) is 15.8 Å². The Morgan fingerprint density at radius 2 is 1.78 bits per heavy atom. The Hall–Kier alpha value is -1.69. The third-order valence-corrected chi connectivity index (χ3v) is 7.49. The second-order valence-corrected chi connectivity index (χ2v) is 9.96. The van der Waals surface area contributed by atoms with E-state index in [0.29, 0.717) is 28.8 Å². The van der Waals surface area contributed by atoms with Crippen LogP contribution in [-0.2, 0) is 21.9 Å². The van der Waals surface area contributed by atoms with Crippen molar-refractivity contribution in [3.63, 3.8) is 0 Å². The molecule has 1 aliphatic rings. The summed E-state index contributed by atoms with van der Waals surface area (Å²) < 4.78 is 0. The molecule has 1 saturated carbocycles. The Kier molecular flexibility index (Phi) is 9.76. The van der Waals surface area contributed by atoms with Crippen molar-refractivity contribution in [2.24, 2.45) is 0 Å². The first-order chi connectivity index (χ1) is 15.5. The van der Waals surface area contributed by atoms with Crippen molar-refractivity contribution >= 4 is 46.8 Å². The van der Waals surface area contributed by atoms with Crippen molar-refractivity contribution < 1.29 is 9.59 Å². The molecule has 0 bridgehead atoms. The van der Waals surface area contributed by atoms with Gasteiger partial charge < -0.3 is 10.2 Å². The molecule has 2 amide bonds. The predicted molar refractivity (Wildman–Crippen MR) is 134 cm³/mol. The lowest BCUT2D eigenvalue weighted by Gasteiger charge is -2.31. The van der Waals surface area contributed by atoms with Gasteiger partial charge >= 0.3 is 0 Å². The average molecular weight is 494 g/mol. The number of thioether (sulfide) groups is 1. The van der Waals surface area contributed by atoms with Crippen molar-refractivity contribution in [2.75, 3.05) is 5.75 Å². The summed E-state index contributed by atoms with van der Waals surface area (Å²) in [5, 5.41) is 4.08. The predicted octanol–water partition coefficient (Wildman–Crippen LogP) is 6.09. The highest BCUT2D eigenvalue weighted by molar-refractivity contribution is 7.99. The van der Waals surface area contributed by atoms with Crippen molar-refractivity contribution in [3.8, 4) is 0 Å². The fourth-order valence-electron chi connectivity index (χ4n) is 4.04. The highest BCUT2D eigenvalue weighted by atomic mass is 35.5. The standard InChI is InChI=1S/C25H30Cl2N2O2S/c1-2-23(25(31)28-20-10-6-7-11-20)29(15-19-12-13-21(26)22(27)14-19)24(30)17-32-16-18-8-4-3-5-9-18/h3-5,8-9,12-14,20,23H,2,6-7,10-11,15-17H2,1H3,(H,28,31)/t23-/m1/s1. The number of amides is 2. The van der Waals surface area contributed by atoms with Gasteiger partial charge in [-0.3, -0.25) is 9.59 Å². The van der Waals surface area contributed by atoms with E-state index in [0.717, 1.165) is 37.0 Å². The molecule has 2 aromatic carbocycles. The Labute approximate surface area is 205 Å². The maximum Gasteiger partial charge on any atom is 0.243 e. The normalized spacial score (nSPS) is 14.8. The lowest BCUT2D eigenvalue weighted by atomic mass is 10.1. The van der Waals surface area contributed by atoms with E-state index in [1.165, 1.54) is 5.56 Å². The zero-order valence-electron chi connectivity index (χ0n) is 18.4. The minimum absolute atomic E-state index is 0.0505. The van der Waals surface area contributed by atoms with E-state index in [-0.39, 0.29) is 17.9 Å². The minimum atomic E-state index is -0.519. The van der Waals surface area contributed by atoms with E-state index < -0.39 is 6.04 Å². The molecule has 1 atom stereocenters. The van der Waals surface area contributed by atoms with E-state index in [4.69, 9.17) is 23.2 Å². The third kappa shape index (κ3) is 7.16. The molecule has 4 nitrogen and oxygen atoms in total. The SMILES string of the molecule is CC[C@H](C(=O)NC1CCCC1)N(Cc1ccc(Cl)c(Cl)c1)C(=O)CSCc1ccccc1. The lowest BCUT2D eigenvalue weighted by molar-refractivity contribution is -0.139. The fraction of sp³-hybridized carbons (Fsp3) is 0.440. The van der Waals surface area contributed by atoms with Crippen molar-refractivity contribution in [1.29, 1.82) is 0 Å². The van der Waals surface area contributed by atoms with Gasteiger partial charge in [0.2, 0.25) is 11.8 Å². The summed E-state index contributed by atoms with van der Waals surface area (Å²) in [5.74, 6) is 0.938. The highest BCUT2D eigenvalue weighted by Gasteiger charge is 2.30. The van der Waals surface area contributed by atoms with E-state index in [1.807, 2.05) is 31.2 Å². The molecule has 0 aromatic heterocycles. The monoisotopic (exact) mass is 492 g/mol. The Bertz CT molecular complexity index is 904. The van der Waals surface area contributed by atoms with Crippen LogP contribution in [0.2, 0.25) is 10.0 Å². The summed E-state index contributed by atoms with van der Waals surface area (Å²) in [6, 6.07) is 15.1. The van der Waals surface area contributed by atoms with Gasteiger partial charge in [0.25, 0.3) is 0 Å². The largest absolute Gasteiger partial charge is 0.352 e. The Morgan fingerprint density at radius 1 is 1.06 bits per heavy atom. The number of hydrogen-bond acceptors (Lipinski definition) is 3. The summed E-state index contributed by atoms with van der Waals surface area (Å²) in [4.78, 5) is 28.1. The van der Waals surface area contributed by atoms with Gasteiger partial charge in [0.1, 0.15) is 6.04 Å². The molecule has 0 saturated heterocycles. The van der Waals surface area contributed by atoms with Gasteiger partial charge in [-0.05, 0) is 42.5 Å². The minimum Gasteiger partial charge on any atom is -0.352 e. The van der Waals surface area contributed by atoms with Crippen LogP contribution in [0.15, 0.2) is 48.5 Å². The summed E-state index contributed by atoms with van der Waals surface area (Å²) >= 11 is 13.8. The summed E-state index contributed by atoms with van der Waals surface area (Å²) in [5.41, 5.74) is 2.03. The molecule has 172 valence electrons. The maximum absolute atomic E-state index is 13.3. The van der Waals surface area contributed by atoms with Crippen molar-refractivity contribution in [3.05, 3.63) is 69.7 Å². The van der Waals surface area contributed by atoms with Crippen LogP contribution < -0.4 is 5.32 Å². The summed E-state index contributed by atoms with van der Waals surface area (Å²) in [6.07, 6.45) is 4.86.